The quantitative estimate of drug-likeness (QED) is 0.151. The molecule has 7 heteroatoms. The van der Waals surface area contributed by atoms with Crippen molar-refractivity contribution in [2.24, 2.45) is 10.4 Å². The van der Waals surface area contributed by atoms with Gasteiger partial charge < -0.3 is 20.1 Å². The summed E-state index contributed by atoms with van der Waals surface area (Å²) in [6, 6.07) is 10.7. The first kappa shape index (κ1) is 33.4. The zero-order valence-corrected chi connectivity index (χ0v) is 25.6. The van der Waals surface area contributed by atoms with Gasteiger partial charge in [0.05, 0.1) is 12.6 Å². The number of halogens is 1. The number of carbonyl (C=O) groups is 1. The van der Waals surface area contributed by atoms with Gasteiger partial charge in [-0.1, -0.05) is 40.7 Å². The monoisotopic (exact) mass is 555 g/mol. The van der Waals surface area contributed by atoms with E-state index in [0.717, 1.165) is 60.4 Å². The number of ether oxygens (including phenoxy) is 1. The van der Waals surface area contributed by atoms with Gasteiger partial charge in [-0.3, -0.25) is 9.79 Å². The number of hydrogen-bond donors (Lipinski definition) is 2. The lowest BCUT2D eigenvalue weighted by Gasteiger charge is -2.26. The second kappa shape index (κ2) is 16.5. The minimum atomic E-state index is -0.681. The van der Waals surface area contributed by atoms with Crippen molar-refractivity contribution in [3.05, 3.63) is 70.0 Å². The molecule has 0 saturated carbocycles. The van der Waals surface area contributed by atoms with E-state index in [-0.39, 0.29) is 23.7 Å². The number of aryl methyl sites for hydroxylation is 2. The maximum Gasteiger partial charge on any atom is 0.251 e. The zero-order chi connectivity index (χ0) is 29.7. The van der Waals surface area contributed by atoms with Crippen LogP contribution >= 0.6 is 0 Å². The highest BCUT2D eigenvalue weighted by molar-refractivity contribution is 6.02. The Morgan fingerprint density at radius 2 is 1.65 bits per heavy atom. The summed E-state index contributed by atoms with van der Waals surface area (Å²) < 4.78 is 19.7. The van der Waals surface area contributed by atoms with Crippen molar-refractivity contribution in [1.29, 1.82) is 0 Å². The maximum atomic E-state index is 14.0. The number of rotatable bonds is 15. The lowest BCUT2D eigenvalue weighted by molar-refractivity contribution is 0.0662. The molecule has 1 atom stereocenters. The predicted molar refractivity (Wildman–Crippen MR) is 163 cm³/mol. The molecule has 0 aliphatic carbocycles. The SMILES string of the molecule is CCCN(CCC)C(=NCc1cc(C)cc(F)c1)c1cc(C)cc(C(=O)NCC(O)CCOCCC(C)(C)C)c1. The largest absolute Gasteiger partial charge is 0.391 e. The molecule has 2 aromatic carbocycles. The van der Waals surface area contributed by atoms with Crippen LogP contribution in [0.4, 0.5) is 4.39 Å². The van der Waals surface area contributed by atoms with Crippen molar-refractivity contribution >= 4 is 11.7 Å². The molecule has 0 saturated heterocycles. The van der Waals surface area contributed by atoms with Crippen LogP contribution in [0.3, 0.4) is 0 Å². The molecule has 1 amide bonds. The smallest absolute Gasteiger partial charge is 0.251 e. The molecule has 2 aromatic rings. The minimum Gasteiger partial charge on any atom is -0.391 e. The molecule has 2 rings (SSSR count). The Labute approximate surface area is 241 Å². The third kappa shape index (κ3) is 12.2. The number of aliphatic hydroxyl groups is 1. The molecule has 2 N–H and O–H groups in total. The Hall–Kier alpha value is -2.77. The highest BCUT2D eigenvalue weighted by Crippen LogP contribution is 2.18. The van der Waals surface area contributed by atoms with E-state index in [1.807, 2.05) is 38.1 Å². The Bertz CT molecular complexity index is 1080. The average molecular weight is 556 g/mol. The molecular weight excluding hydrogens is 505 g/mol. The fourth-order valence-electron chi connectivity index (χ4n) is 4.46. The van der Waals surface area contributed by atoms with Crippen molar-refractivity contribution in [2.75, 3.05) is 32.8 Å². The summed E-state index contributed by atoms with van der Waals surface area (Å²) >= 11 is 0. The fraction of sp³-hybridized carbons (Fsp3) is 0.576. The van der Waals surface area contributed by atoms with E-state index in [1.54, 1.807) is 0 Å². The van der Waals surface area contributed by atoms with E-state index in [0.29, 0.717) is 31.7 Å². The van der Waals surface area contributed by atoms with Crippen molar-refractivity contribution in [3.63, 3.8) is 0 Å². The highest BCUT2D eigenvalue weighted by atomic mass is 19.1. The number of nitrogens with zero attached hydrogens (tertiary/aromatic N) is 2. The molecule has 0 aromatic heterocycles. The van der Waals surface area contributed by atoms with Gasteiger partial charge in [-0.05, 0) is 92.0 Å². The van der Waals surface area contributed by atoms with Crippen LogP contribution in [0.15, 0.2) is 41.4 Å². The van der Waals surface area contributed by atoms with Crippen LogP contribution in [0.25, 0.3) is 0 Å². The molecule has 222 valence electrons. The van der Waals surface area contributed by atoms with E-state index in [4.69, 9.17) is 9.73 Å². The Morgan fingerprint density at radius 3 is 2.27 bits per heavy atom. The summed E-state index contributed by atoms with van der Waals surface area (Å²) in [6.07, 6.45) is 2.64. The topological polar surface area (TPSA) is 74.2 Å². The number of carbonyl (C=O) groups excluding carboxylic acids is 1. The first-order valence-electron chi connectivity index (χ1n) is 14.6. The number of aliphatic hydroxyl groups excluding tert-OH is 1. The Morgan fingerprint density at radius 1 is 1.00 bits per heavy atom. The second-order valence-electron chi connectivity index (χ2n) is 11.9. The molecule has 0 spiro atoms. The van der Waals surface area contributed by atoms with Crippen LogP contribution in [0, 0.1) is 25.1 Å². The van der Waals surface area contributed by atoms with Gasteiger partial charge in [-0.25, -0.2) is 4.39 Å². The third-order valence-electron chi connectivity index (χ3n) is 6.49. The number of aliphatic imine (C=N–C) groups is 1. The van der Waals surface area contributed by atoms with E-state index < -0.39 is 6.10 Å². The van der Waals surface area contributed by atoms with Gasteiger partial charge in [0.15, 0.2) is 0 Å². The predicted octanol–water partition coefficient (Wildman–Crippen LogP) is 6.44. The van der Waals surface area contributed by atoms with Gasteiger partial charge in [0.25, 0.3) is 5.91 Å². The van der Waals surface area contributed by atoms with Crippen molar-refractivity contribution in [2.45, 2.75) is 86.8 Å². The van der Waals surface area contributed by atoms with Crippen molar-refractivity contribution in [1.82, 2.24) is 10.2 Å². The highest BCUT2D eigenvalue weighted by Gasteiger charge is 2.17. The van der Waals surface area contributed by atoms with E-state index >= 15 is 0 Å². The van der Waals surface area contributed by atoms with Crippen LogP contribution in [0.5, 0.6) is 0 Å². The summed E-state index contributed by atoms with van der Waals surface area (Å²) in [7, 11) is 0. The summed E-state index contributed by atoms with van der Waals surface area (Å²) in [5, 5.41) is 13.2. The van der Waals surface area contributed by atoms with Crippen LogP contribution in [0.2, 0.25) is 0 Å². The number of hydrogen-bond acceptors (Lipinski definition) is 4. The summed E-state index contributed by atoms with van der Waals surface area (Å²) in [4.78, 5) is 20.3. The first-order valence-corrected chi connectivity index (χ1v) is 14.6. The normalized spacial score (nSPS) is 12.9. The van der Waals surface area contributed by atoms with Crippen molar-refractivity contribution < 1.29 is 19.0 Å². The van der Waals surface area contributed by atoms with E-state index in [1.165, 1.54) is 12.1 Å². The minimum absolute atomic E-state index is 0.155. The molecule has 40 heavy (non-hydrogen) atoms. The molecule has 0 bridgehead atoms. The van der Waals surface area contributed by atoms with Crippen LogP contribution in [-0.2, 0) is 11.3 Å². The zero-order valence-electron chi connectivity index (χ0n) is 25.6. The third-order valence-corrected chi connectivity index (χ3v) is 6.49. The van der Waals surface area contributed by atoms with Crippen molar-refractivity contribution in [3.8, 4) is 0 Å². The number of benzene rings is 2. The number of amides is 1. The number of nitrogens with one attached hydrogen (secondary N) is 1. The fourth-order valence-corrected chi connectivity index (χ4v) is 4.46. The average Bonchev–Trinajstić information content (AvgIpc) is 2.86. The molecule has 0 fully saturated rings. The van der Waals surface area contributed by atoms with Crippen LogP contribution < -0.4 is 5.32 Å². The van der Waals surface area contributed by atoms with Gasteiger partial charge in [0, 0.05) is 44.0 Å². The molecule has 6 nitrogen and oxygen atoms in total. The van der Waals surface area contributed by atoms with Gasteiger partial charge >= 0.3 is 0 Å². The summed E-state index contributed by atoms with van der Waals surface area (Å²) in [5.41, 5.74) is 4.20. The van der Waals surface area contributed by atoms with Gasteiger partial charge in [-0.2, -0.15) is 0 Å². The number of amidine groups is 1. The Kier molecular flexibility index (Phi) is 13.8. The van der Waals surface area contributed by atoms with E-state index in [9.17, 15) is 14.3 Å². The van der Waals surface area contributed by atoms with Gasteiger partial charge in [0.2, 0.25) is 0 Å². The first-order chi connectivity index (χ1) is 18.9. The molecule has 0 heterocycles. The summed E-state index contributed by atoms with van der Waals surface area (Å²) in [5.74, 6) is 0.296. The molecule has 0 aliphatic heterocycles. The molecule has 0 radical (unpaired) electrons. The molecular formula is C33H50FN3O3. The second-order valence-corrected chi connectivity index (χ2v) is 11.9. The summed E-state index contributed by atoms with van der Waals surface area (Å²) in [6.45, 7) is 17.9. The van der Waals surface area contributed by atoms with Gasteiger partial charge in [-0.15, -0.1) is 0 Å². The maximum absolute atomic E-state index is 14.0. The lowest BCUT2D eigenvalue weighted by atomic mass is 9.93. The lowest BCUT2D eigenvalue weighted by Crippen LogP contribution is -2.35. The standard InChI is InChI=1S/C33H50FN3O3/c1-8-12-37(13-9-2)31(35-22-26-16-24(3)19-29(34)20-26)27-17-25(4)18-28(21-27)32(39)36-23-30(38)10-14-40-15-11-33(5,6)7/h16-21,30,38H,8-15,22-23H2,1-7H3,(H,36,39). The molecule has 1 unspecified atom stereocenters. The van der Waals surface area contributed by atoms with E-state index in [2.05, 4.69) is 44.8 Å². The Balaban J connectivity index is 2.17. The molecule has 0 aliphatic rings. The van der Waals surface area contributed by atoms with Gasteiger partial charge in [0.1, 0.15) is 11.7 Å². The van der Waals surface area contributed by atoms with Crippen LogP contribution in [0.1, 0.15) is 92.9 Å². The van der Waals surface area contributed by atoms with Crippen LogP contribution in [-0.4, -0.2) is 60.7 Å².